The van der Waals surface area contributed by atoms with Crippen LogP contribution in [-0.4, -0.2) is 26.2 Å². The van der Waals surface area contributed by atoms with E-state index in [0.29, 0.717) is 23.6 Å². The Bertz CT molecular complexity index is 667. The van der Waals surface area contributed by atoms with Gasteiger partial charge in [0, 0.05) is 10.7 Å². The van der Waals surface area contributed by atoms with Gasteiger partial charge in [-0.25, -0.2) is 13.2 Å². The molecule has 1 aliphatic carbocycles. The van der Waals surface area contributed by atoms with Gasteiger partial charge in [0.15, 0.2) is 0 Å². The molecule has 7 heteroatoms. The molecule has 120 valence electrons. The summed E-state index contributed by atoms with van der Waals surface area (Å²) in [5, 5.41) is -0.372. The standard InChI is InChI=1S/C15H18ClNO4S/c1-2-21-15(18)13-5-3-4-6-14(13)22(19,20)17-12-9-7-11(16)8-10-12/h5,7-10,14,17H,2-4,6H2,1H3. The van der Waals surface area contributed by atoms with Crippen LogP contribution in [0.2, 0.25) is 5.02 Å². The van der Waals surface area contributed by atoms with E-state index in [9.17, 15) is 13.2 Å². The molecule has 1 N–H and O–H groups in total. The van der Waals surface area contributed by atoms with Gasteiger partial charge in [-0.3, -0.25) is 4.72 Å². The summed E-state index contributed by atoms with van der Waals surface area (Å²) in [7, 11) is -3.72. The van der Waals surface area contributed by atoms with Gasteiger partial charge in [-0.15, -0.1) is 0 Å². The highest BCUT2D eigenvalue weighted by atomic mass is 35.5. The predicted octanol–water partition coefficient (Wildman–Crippen LogP) is 3.12. The zero-order valence-electron chi connectivity index (χ0n) is 12.2. The number of hydrogen-bond donors (Lipinski definition) is 1. The van der Waals surface area contributed by atoms with Crippen LogP contribution in [0.1, 0.15) is 26.2 Å². The van der Waals surface area contributed by atoms with Crippen LogP contribution >= 0.6 is 11.6 Å². The summed E-state index contributed by atoms with van der Waals surface area (Å²) in [6.07, 6.45) is 3.46. The smallest absolute Gasteiger partial charge is 0.335 e. The molecule has 0 radical (unpaired) electrons. The van der Waals surface area contributed by atoms with E-state index in [0.717, 1.165) is 6.42 Å². The highest BCUT2D eigenvalue weighted by Gasteiger charge is 2.35. The number of anilines is 1. The SMILES string of the molecule is CCOC(=O)C1=CCCCC1S(=O)(=O)Nc1ccc(Cl)cc1. The van der Waals surface area contributed by atoms with Crippen LogP contribution in [0.3, 0.4) is 0 Å². The van der Waals surface area contributed by atoms with E-state index in [1.807, 2.05) is 0 Å². The van der Waals surface area contributed by atoms with E-state index in [1.165, 1.54) is 0 Å². The fourth-order valence-electron chi connectivity index (χ4n) is 2.35. The molecular formula is C15H18ClNO4S. The molecule has 1 aromatic carbocycles. The first kappa shape index (κ1) is 16.8. The summed E-state index contributed by atoms with van der Waals surface area (Å²) < 4.78 is 32.6. The van der Waals surface area contributed by atoms with Gasteiger partial charge in [0.25, 0.3) is 0 Å². The van der Waals surface area contributed by atoms with Crippen molar-refractivity contribution in [1.82, 2.24) is 0 Å². The lowest BCUT2D eigenvalue weighted by Gasteiger charge is -2.23. The average molecular weight is 344 g/mol. The Morgan fingerprint density at radius 1 is 1.36 bits per heavy atom. The molecule has 0 bridgehead atoms. The minimum atomic E-state index is -3.72. The van der Waals surface area contributed by atoms with Crippen LogP contribution in [0.4, 0.5) is 5.69 Å². The van der Waals surface area contributed by atoms with Gasteiger partial charge < -0.3 is 4.74 Å². The van der Waals surface area contributed by atoms with Crippen LogP contribution < -0.4 is 4.72 Å². The second-order valence-electron chi connectivity index (χ2n) is 4.95. The number of allylic oxidation sites excluding steroid dienone is 1. The molecule has 0 heterocycles. The molecule has 0 aromatic heterocycles. The van der Waals surface area contributed by atoms with Gasteiger partial charge in [-0.2, -0.15) is 0 Å². The first-order chi connectivity index (χ1) is 10.4. The third-order valence-corrected chi connectivity index (χ3v) is 5.38. The molecule has 1 atom stereocenters. The van der Waals surface area contributed by atoms with Gasteiger partial charge >= 0.3 is 5.97 Å². The van der Waals surface area contributed by atoms with Crippen LogP contribution in [0.15, 0.2) is 35.9 Å². The van der Waals surface area contributed by atoms with Crippen LogP contribution in [-0.2, 0) is 19.6 Å². The largest absolute Gasteiger partial charge is 0.463 e. The van der Waals surface area contributed by atoms with E-state index >= 15 is 0 Å². The van der Waals surface area contributed by atoms with E-state index in [2.05, 4.69) is 4.72 Å². The van der Waals surface area contributed by atoms with Crippen molar-refractivity contribution in [1.29, 1.82) is 0 Å². The Hall–Kier alpha value is -1.53. The van der Waals surface area contributed by atoms with E-state index in [-0.39, 0.29) is 12.2 Å². The van der Waals surface area contributed by atoms with Gasteiger partial charge in [0.1, 0.15) is 5.25 Å². The Morgan fingerprint density at radius 3 is 2.68 bits per heavy atom. The van der Waals surface area contributed by atoms with Crippen LogP contribution in [0.5, 0.6) is 0 Å². The summed E-state index contributed by atoms with van der Waals surface area (Å²) in [5.41, 5.74) is 0.632. The van der Waals surface area contributed by atoms with Crippen molar-refractivity contribution in [3.05, 3.63) is 40.9 Å². The maximum atomic E-state index is 12.6. The number of rotatable bonds is 5. The Balaban J connectivity index is 2.22. The highest BCUT2D eigenvalue weighted by molar-refractivity contribution is 7.93. The molecule has 22 heavy (non-hydrogen) atoms. The number of ether oxygens (including phenoxy) is 1. The fourth-order valence-corrected chi connectivity index (χ4v) is 4.09. The number of benzene rings is 1. The fraction of sp³-hybridized carbons (Fsp3) is 0.400. The van der Waals surface area contributed by atoms with Crippen LogP contribution in [0, 0.1) is 0 Å². The maximum Gasteiger partial charge on any atom is 0.335 e. The molecule has 0 amide bonds. The van der Waals surface area contributed by atoms with Crippen molar-refractivity contribution in [2.45, 2.75) is 31.4 Å². The number of carbonyl (C=O) groups excluding carboxylic acids is 1. The number of carbonyl (C=O) groups is 1. The van der Waals surface area contributed by atoms with Gasteiger partial charge in [-0.05, 0) is 50.5 Å². The number of halogens is 1. The zero-order valence-corrected chi connectivity index (χ0v) is 13.8. The number of hydrogen-bond acceptors (Lipinski definition) is 4. The molecule has 1 aromatic rings. The number of sulfonamides is 1. The van der Waals surface area contributed by atoms with Gasteiger partial charge in [-0.1, -0.05) is 17.7 Å². The van der Waals surface area contributed by atoms with E-state index in [4.69, 9.17) is 16.3 Å². The molecule has 0 aliphatic heterocycles. The van der Waals surface area contributed by atoms with Crippen molar-refractivity contribution in [3.8, 4) is 0 Å². The molecule has 1 aliphatic rings. The molecule has 5 nitrogen and oxygen atoms in total. The molecule has 0 spiro atoms. The van der Waals surface area contributed by atoms with Gasteiger partial charge in [0.2, 0.25) is 10.0 Å². The summed E-state index contributed by atoms with van der Waals surface area (Å²) >= 11 is 5.78. The molecule has 0 fully saturated rings. The lowest BCUT2D eigenvalue weighted by molar-refractivity contribution is -0.138. The monoisotopic (exact) mass is 343 g/mol. The minimum Gasteiger partial charge on any atom is -0.463 e. The maximum absolute atomic E-state index is 12.6. The summed E-state index contributed by atoms with van der Waals surface area (Å²) in [6, 6.07) is 6.36. The Kier molecular flexibility index (Phi) is 5.47. The summed E-state index contributed by atoms with van der Waals surface area (Å²) in [5.74, 6) is -0.561. The lowest BCUT2D eigenvalue weighted by atomic mass is 9.99. The quantitative estimate of drug-likeness (QED) is 0.834. The normalized spacial score (nSPS) is 18.5. The highest BCUT2D eigenvalue weighted by Crippen LogP contribution is 2.27. The first-order valence-corrected chi connectivity index (χ1v) is 9.01. The minimum absolute atomic E-state index is 0.216. The summed E-state index contributed by atoms with van der Waals surface area (Å²) in [6.45, 7) is 1.91. The first-order valence-electron chi connectivity index (χ1n) is 7.08. The molecule has 0 saturated heterocycles. The topological polar surface area (TPSA) is 72.5 Å². The second kappa shape index (κ2) is 7.15. The molecule has 1 unspecified atom stereocenters. The zero-order chi connectivity index (χ0) is 16.2. The third kappa shape index (κ3) is 4.01. The average Bonchev–Trinajstić information content (AvgIpc) is 2.50. The number of esters is 1. The predicted molar refractivity (Wildman–Crippen MR) is 86.3 cm³/mol. The van der Waals surface area contributed by atoms with Gasteiger partial charge in [0.05, 0.1) is 12.2 Å². The van der Waals surface area contributed by atoms with E-state index in [1.54, 1.807) is 37.3 Å². The van der Waals surface area contributed by atoms with Crippen molar-refractivity contribution in [3.63, 3.8) is 0 Å². The molecule has 2 rings (SSSR count). The van der Waals surface area contributed by atoms with Crippen LogP contribution in [0.25, 0.3) is 0 Å². The summed E-state index contributed by atoms with van der Waals surface area (Å²) in [4.78, 5) is 12.0. The van der Waals surface area contributed by atoms with Crippen molar-refractivity contribution in [2.24, 2.45) is 0 Å². The Morgan fingerprint density at radius 2 is 2.05 bits per heavy atom. The Labute approximate surface area is 135 Å². The molecular weight excluding hydrogens is 326 g/mol. The molecule has 0 saturated carbocycles. The van der Waals surface area contributed by atoms with E-state index < -0.39 is 21.2 Å². The van der Waals surface area contributed by atoms with Crippen molar-refractivity contribution >= 4 is 33.3 Å². The number of nitrogens with one attached hydrogen (secondary N) is 1. The van der Waals surface area contributed by atoms with Crippen molar-refractivity contribution < 1.29 is 17.9 Å². The third-order valence-electron chi connectivity index (χ3n) is 3.37. The second-order valence-corrected chi connectivity index (χ2v) is 7.25. The van der Waals surface area contributed by atoms with Crippen molar-refractivity contribution in [2.75, 3.05) is 11.3 Å². The lowest BCUT2D eigenvalue weighted by Crippen LogP contribution is -2.34.